The van der Waals surface area contributed by atoms with E-state index in [0.717, 1.165) is 12.3 Å². The number of rotatable bonds is 2. The average molecular weight is 300 g/mol. The highest BCUT2D eigenvalue weighted by atomic mass is 15.2. The molecule has 0 aromatic rings. The lowest BCUT2D eigenvalue weighted by molar-refractivity contribution is 0.257. The van der Waals surface area contributed by atoms with Crippen molar-refractivity contribution in [3.05, 3.63) is 35.1 Å². The number of allylic oxidation sites excluding steroid dienone is 5. The van der Waals surface area contributed by atoms with Crippen LogP contribution in [0.4, 0.5) is 0 Å². The molecule has 1 unspecified atom stereocenters. The van der Waals surface area contributed by atoms with Crippen molar-refractivity contribution in [2.75, 3.05) is 33.2 Å². The maximum Gasteiger partial charge on any atom is 0.0368 e. The first-order valence-electron chi connectivity index (χ1n) is 8.98. The van der Waals surface area contributed by atoms with E-state index in [2.05, 4.69) is 55.8 Å². The molecule has 0 N–H and O–H groups in total. The molecule has 0 bridgehead atoms. The SMILES string of the molecule is CC1=CC=C2C(=CC1)N(CC1CCCN(C)CC1)CC2(C)C. The molecule has 1 atom stereocenters. The molecule has 2 heterocycles. The van der Waals surface area contributed by atoms with Gasteiger partial charge in [-0.1, -0.05) is 37.6 Å². The minimum atomic E-state index is 0.286. The van der Waals surface area contributed by atoms with Crippen molar-refractivity contribution >= 4 is 0 Å². The molecule has 0 aromatic carbocycles. The highest BCUT2D eigenvalue weighted by molar-refractivity contribution is 5.45. The Kier molecular flexibility index (Phi) is 4.49. The fourth-order valence-corrected chi connectivity index (χ4v) is 4.23. The molecular weight excluding hydrogens is 268 g/mol. The first-order valence-corrected chi connectivity index (χ1v) is 8.98. The van der Waals surface area contributed by atoms with Crippen molar-refractivity contribution in [1.82, 2.24) is 9.80 Å². The van der Waals surface area contributed by atoms with Gasteiger partial charge >= 0.3 is 0 Å². The van der Waals surface area contributed by atoms with Crippen molar-refractivity contribution in [1.29, 1.82) is 0 Å². The van der Waals surface area contributed by atoms with E-state index in [1.807, 2.05) is 0 Å². The topological polar surface area (TPSA) is 6.48 Å². The molecule has 2 saturated heterocycles. The Labute approximate surface area is 136 Å². The summed E-state index contributed by atoms with van der Waals surface area (Å²) in [5.74, 6) is 0.860. The van der Waals surface area contributed by atoms with Gasteiger partial charge in [0.15, 0.2) is 0 Å². The van der Waals surface area contributed by atoms with Crippen molar-refractivity contribution < 1.29 is 0 Å². The van der Waals surface area contributed by atoms with Crippen molar-refractivity contribution in [2.24, 2.45) is 11.3 Å². The number of hydrogen-bond donors (Lipinski definition) is 0. The molecule has 0 saturated carbocycles. The fourth-order valence-electron chi connectivity index (χ4n) is 4.23. The van der Waals surface area contributed by atoms with Gasteiger partial charge in [-0.05, 0) is 64.2 Å². The van der Waals surface area contributed by atoms with Gasteiger partial charge in [-0.15, -0.1) is 0 Å². The van der Waals surface area contributed by atoms with Gasteiger partial charge in [0.25, 0.3) is 0 Å². The van der Waals surface area contributed by atoms with Crippen molar-refractivity contribution in [3.63, 3.8) is 0 Å². The minimum Gasteiger partial charge on any atom is -0.370 e. The quantitative estimate of drug-likeness (QED) is 0.753. The third kappa shape index (κ3) is 3.32. The largest absolute Gasteiger partial charge is 0.370 e. The van der Waals surface area contributed by atoms with Gasteiger partial charge in [0.2, 0.25) is 0 Å². The molecule has 2 nitrogen and oxygen atoms in total. The van der Waals surface area contributed by atoms with E-state index in [9.17, 15) is 0 Å². The van der Waals surface area contributed by atoms with E-state index >= 15 is 0 Å². The van der Waals surface area contributed by atoms with E-state index < -0.39 is 0 Å². The van der Waals surface area contributed by atoms with Gasteiger partial charge in [-0.3, -0.25) is 0 Å². The zero-order valence-corrected chi connectivity index (χ0v) is 14.9. The maximum absolute atomic E-state index is 2.69. The van der Waals surface area contributed by atoms with E-state index in [0.29, 0.717) is 0 Å². The molecule has 0 amide bonds. The molecule has 2 heteroatoms. The van der Waals surface area contributed by atoms with Crippen LogP contribution in [0.25, 0.3) is 0 Å². The van der Waals surface area contributed by atoms with Crippen LogP contribution in [-0.4, -0.2) is 43.0 Å². The van der Waals surface area contributed by atoms with Crippen LogP contribution < -0.4 is 0 Å². The molecule has 0 radical (unpaired) electrons. The van der Waals surface area contributed by atoms with Crippen molar-refractivity contribution in [3.8, 4) is 0 Å². The Hall–Kier alpha value is -1.02. The summed E-state index contributed by atoms with van der Waals surface area (Å²) < 4.78 is 0. The monoisotopic (exact) mass is 300 g/mol. The molecule has 22 heavy (non-hydrogen) atoms. The summed E-state index contributed by atoms with van der Waals surface area (Å²) in [6, 6.07) is 0. The summed E-state index contributed by atoms with van der Waals surface area (Å²) >= 11 is 0. The number of nitrogens with zero attached hydrogens (tertiary/aromatic N) is 2. The molecule has 3 rings (SSSR count). The number of fused-ring (bicyclic) bond motifs is 1. The smallest absolute Gasteiger partial charge is 0.0368 e. The van der Waals surface area contributed by atoms with Gasteiger partial charge in [-0.2, -0.15) is 0 Å². The summed E-state index contributed by atoms with van der Waals surface area (Å²) in [7, 11) is 2.27. The zero-order valence-electron chi connectivity index (χ0n) is 14.9. The number of likely N-dealkylation sites (tertiary alicyclic amines) is 2. The summed E-state index contributed by atoms with van der Waals surface area (Å²) in [6.07, 6.45) is 12.4. The zero-order chi connectivity index (χ0) is 15.7. The van der Waals surface area contributed by atoms with E-state index in [4.69, 9.17) is 0 Å². The van der Waals surface area contributed by atoms with E-state index in [1.165, 1.54) is 56.7 Å². The van der Waals surface area contributed by atoms with Gasteiger partial charge in [0.1, 0.15) is 0 Å². The Morgan fingerprint density at radius 2 is 2.00 bits per heavy atom. The summed E-state index contributed by atoms with van der Waals surface area (Å²) in [4.78, 5) is 5.19. The van der Waals surface area contributed by atoms with Gasteiger partial charge in [0.05, 0.1) is 0 Å². The van der Waals surface area contributed by atoms with Crippen LogP contribution in [0.3, 0.4) is 0 Å². The highest BCUT2D eigenvalue weighted by Crippen LogP contribution is 2.44. The van der Waals surface area contributed by atoms with E-state index in [1.54, 1.807) is 5.57 Å². The molecule has 2 aliphatic heterocycles. The van der Waals surface area contributed by atoms with Crippen LogP contribution in [0.5, 0.6) is 0 Å². The molecule has 0 aromatic heterocycles. The third-order valence-corrected chi connectivity index (χ3v) is 5.63. The predicted molar refractivity (Wildman–Crippen MR) is 94.7 cm³/mol. The normalized spacial score (nSPS) is 29.2. The van der Waals surface area contributed by atoms with Crippen LogP contribution in [0.15, 0.2) is 35.1 Å². The molecule has 2 fully saturated rings. The van der Waals surface area contributed by atoms with Crippen molar-refractivity contribution in [2.45, 2.75) is 46.5 Å². The van der Waals surface area contributed by atoms with Gasteiger partial charge in [-0.25, -0.2) is 0 Å². The van der Waals surface area contributed by atoms with Crippen LogP contribution in [0, 0.1) is 11.3 Å². The second-order valence-corrected chi connectivity index (χ2v) is 8.25. The summed E-state index contributed by atoms with van der Waals surface area (Å²) in [6.45, 7) is 12.0. The van der Waals surface area contributed by atoms with Crippen LogP contribution in [0.2, 0.25) is 0 Å². The lowest BCUT2D eigenvalue weighted by atomic mass is 9.86. The standard InChI is InChI=1S/C20H32N2/c1-16-7-9-18-19(10-8-16)22(15-20(18,2)3)14-17-6-5-12-21(4)13-11-17/h7,9-10,17H,5-6,8,11-15H2,1-4H3. The predicted octanol–water partition coefficient (Wildman–Crippen LogP) is 4.22. The Balaban J connectivity index is 1.75. The molecule has 122 valence electrons. The molecule has 0 spiro atoms. The minimum absolute atomic E-state index is 0.286. The van der Waals surface area contributed by atoms with Gasteiger partial charge < -0.3 is 9.80 Å². The highest BCUT2D eigenvalue weighted by Gasteiger charge is 2.38. The lowest BCUT2D eigenvalue weighted by Gasteiger charge is -2.26. The second-order valence-electron chi connectivity index (χ2n) is 8.25. The molecular formula is C20H32N2. The van der Waals surface area contributed by atoms with Crippen LogP contribution in [-0.2, 0) is 0 Å². The van der Waals surface area contributed by atoms with Gasteiger partial charge in [0, 0.05) is 24.2 Å². The fraction of sp³-hybridized carbons (Fsp3) is 0.700. The maximum atomic E-state index is 2.69. The first-order chi connectivity index (χ1) is 10.5. The Morgan fingerprint density at radius 3 is 2.82 bits per heavy atom. The Bertz CT molecular complexity index is 510. The first kappa shape index (κ1) is 15.9. The third-order valence-electron chi connectivity index (χ3n) is 5.63. The summed E-state index contributed by atoms with van der Waals surface area (Å²) in [5.41, 5.74) is 4.83. The van der Waals surface area contributed by atoms with Crippen LogP contribution in [0.1, 0.15) is 46.5 Å². The second kappa shape index (κ2) is 6.23. The molecule has 1 aliphatic carbocycles. The lowest BCUT2D eigenvalue weighted by Crippen LogP contribution is -2.29. The average Bonchev–Trinajstić information content (AvgIpc) is 2.66. The Morgan fingerprint density at radius 1 is 1.18 bits per heavy atom. The molecule has 3 aliphatic rings. The van der Waals surface area contributed by atoms with Crippen LogP contribution >= 0.6 is 0 Å². The number of hydrogen-bond acceptors (Lipinski definition) is 2. The summed E-state index contributed by atoms with van der Waals surface area (Å²) in [5, 5.41) is 0. The van der Waals surface area contributed by atoms with E-state index in [-0.39, 0.29) is 5.41 Å².